The predicted octanol–water partition coefficient (Wildman–Crippen LogP) is 3.10. The molecule has 0 aliphatic heterocycles. The summed E-state index contributed by atoms with van der Waals surface area (Å²) >= 11 is 0. The number of halogens is 3. The Morgan fingerprint density at radius 1 is 1.11 bits per heavy atom. The van der Waals surface area contributed by atoms with Gasteiger partial charge in [0, 0.05) is 0 Å². The minimum absolute atomic E-state index is 0.238. The maximum atomic E-state index is 12.3. The van der Waals surface area contributed by atoms with E-state index in [9.17, 15) is 21.6 Å². The molecule has 0 saturated carbocycles. The zero-order chi connectivity index (χ0) is 14.3. The minimum atomic E-state index is -5.60. The molecule has 0 heterocycles. The fourth-order valence-electron chi connectivity index (χ4n) is 2.14. The van der Waals surface area contributed by atoms with Crippen LogP contribution in [0.5, 0.6) is 5.75 Å². The van der Waals surface area contributed by atoms with Gasteiger partial charge < -0.3 is 4.18 Å². The van der Waals surface area contributed by atoms with E-state index >= 15 is 0 Å². The van der Waals surface area contributed by atoms with Gasteiger partial charge in [-0.25, -0.2) is 0 Å². The fourth-order valence-corrected chi connectivity index (χ4v) is 2.65. The highest BCUT2D eigenvalue weighted by Crippen LogP contribution is 2.32. The molecular formula is C12H13F3O3S. The first-order chi connectivity index (χ1) is 8.71. The van der Waals surface area contributed by atoms with Crippen LogP contribution in [0, 0.1) is 6.92 Å². The molecule has 106 valence electrons. The van der Waals surface area contributed by atoms with E-state index < -0.39 is 15.6 Å². The van der Waals surface area contributed by atoms with Crippen molar-refractivity contribution in [1.82, 2.24) is 0 Å². The molecule has 0 radical (unpaired) electrons. The lowest BCUT2D eigenvalue weighted by molar-refractivity contribution is -0.0500. The van der Waals surface area contributed by atoms with Gasteiger partial charge >= 0.3 is 15.6 Å². The summed E-state index contributed by atoms with van der Waals surface area (Å²) in [6.45, 7) is 1.54. The van der Waals surface area contributed by atoms with Crippen molar-refractivity contribution in [3.05, 3.63) is 28.8 Å². The average Bonchev–Trinajstić information content (AvgIpc) is 2.28. The van der Waals surface area contributed by atoms with Crippen molar-refractivity contribution in [2.24, 2.45) is 0 Å². The van der Waals surface area contributed by atoms with Crippen molar-refractivity contribution < 1.29 is 25.8 Å². The summed E-state index contributed by atoms with van der Waals surface area (Å²) in [5.74, 6) is -0.238. The van der Waals surface area contributed by atoms with Gasteiger partial charge in [0.05, 0.1) is 0 Å². The molecule has 0 amide bonds. The SMILES string of the molecule is Cc1cc2c(cc1OS(=O)(=O)C(F)(F)F)CCCC2. The summed E-state index contributed by atoms with van der Waals surface area (Å²) in [5.41, 5.74) is -3.09. The molecule has 0 saturated heterocycles. The van der Waals surface area contributed by atoms with Crippen LogP contribution in [0.4, 0.5) is 13.2 Å². The number of fused-ring (bicyclic) bond motifs is 1. The summed E-state index contributed by atoms with van der Waals surface area (Å²) in [6.07, 6.45) is 3.58. The Hall–Kier alpha value is -1.24. The highest BCUT2D eigenvalue weighted by molar-refractivity contribution is 7.88. The Labute approximate surface area is 109 Å². The lowest BCUT2D eigenvalue weighted by Crippen LogP contribution is -2.28. The van der Waals surface area contributed by atoms with E-state index in [1.165, 1.54) is 13.0 Å². The third-order valence-electron chi connectivity index (χ3n) is 3.12. The van der Waals surface area contributed by atoms with Crippen LogP contribution in [0.15, 0.2) is 12.1 Å². The maximum Gasteiger partial charge on any atom is 0.534 e. The molecule has 0 bridgehead atoms. The fraction of sp³-hybridized carbons (Fsp3) is 0.500. The topological polar surface area (TPSA) is 43.4 Å². The Morgan fingerprint density at radius 2 is 1.63 bits per heavy atom. The van der Waals surface area contributed by atoms with Crippen molar-refractivity contribution in [3.63, 3.8) is 0 Å². The minimum Gasteiger partial charge on any atom is -0.376 e. The molecule has 0 atom stereocenters. The van der Waals surface area contributed by atoms with Crippen molar-refractivity contribution in [2.75, 3.05) is 0 Å². The lowest BCUT2D eigenvalue weighted by atomic mass is 9.90. The van der Waals surface area contributed by atoms with E-state index in [0.29, 0.717) is 5.56 Å². The van der Waals surface area contributed by atoms with Gasteiger partial charge in [-0.1, -0.05) is 6.07 Å². The zero-order valence-corrected chi connectivity index (χ0v) is 11.1. The molecular weight excluding hydrogens is 281 g/mol. The second kappa shape index (κ2) is 4.70. The molecule has 0 aromatic heterocycles. The molecule has 1 aromatic rings. The summed E-state index contributed by atoms with van der Waals surface area (Å²) in [4.78, 5) is 0. The Balaban J connectivity index is 2.37. The number of hydrogen-bond donors (Lipinski definition) is 0. The van der Waals surface area contributed by atoms with Crippen LogP contribution in [0.1, 0.15) is 29.5 Å². The molecule has 1 aromatic carbocycles. The van der Waals surface area contributed by atoms with E-state index in [1.54, 1.807) is 6.07 Å². The third-order valence-corrected chi connectivity index (χ3v) is 4.09. The van der Waals surface area contributed by atoms with Gasteiger partial charge in [0.15, 0.2) is 0 Å². The second-order valence-electron chi connectivity index (χ2n) is 4.58. The maximum absolute atomic E-state index is 12.3. The quantitative estimate of drug-likeness (QED) is 0.622. The van der Waals surface area contributed by atoms with Crippen LogP contribution in [-0.4, -0.2) is 13.9 Å². The number of alkyl halides is 3. The summed E-state index contributed by atoms with van der Waals surface area (Å²) in [6, 6.07) is 3.11. The van der Waals surface area contributed by atoms with Crippen LogP contribution in [0.3, 0.4) is 0 Å². The molecule has 0 unspecified atom stereocenters. The largest absolute Gasteiger partial charge is 0.534 e. The van der Waals surface area contributed by atoms with Gasteiger partial charge in [-0.3, -0.25) is 0 Å². The van der Waals surface area contributed by atoms with E-state index in [2.05, 4.69) is 4.18 Å². The molecule has 7 heteroatoms. The normalized spacial score (nSPS) is 16.0. The van der Waals surface area contributed by atoms with Crippen molar-refractivity contribution >= 4 is 10.1 Å². The van der Waals surface area contributed by atoms with Crippen LogP contribution in [0.2, 0.25) is 0 Å². The van der Waals surface area contributed by atoms with Crippen LogP contribution >= 0.6 is 0 Å². The smallest absolute Gasteiger partial charge is 0.376 e. The van der Waals surface area contributed by atoms with Crippen LogP contribution in [-0.2, 0) is 23.0 Å². The predicted molar refractivity (Wildman–Crippen MR) is 63.4 cm³/mol. The molecule has 3 nitrogen and oxygen atoms in total. The highest BCUT2D eigenvalue weighted by Gasteiger charge is 2.48. The van der Waals surface area contributed by atoms with Gasteiger partial charge in [0.25, 0.3) is 0 Å². The van der Waals surface area contributed by atoms with Crippen molar-refractivity contribution in [3.8, 4) is 5.75 Å². The highest BCUT2D eigenvalue weighted by atomic mass is 32.2. The van der Waals surface area contributed by atoms with Gasteiger partial charge in [-0.05, 0) is 55.4 Å². The average molecular weight is 294 g/mol. The summed E-state index contributed by atoms with van der Waals surface area (Å²) < 4.78 is 63.0. The Bertz CT molecular complexity index is 591. The third kappa shape index (κ3) is 2.86. The lowest BCUT2D eigenvalue weighted by Gasteiger charge is -2.19. The van der Waals surface area contributed by atoms with Crippen LogP contribution in [0.25, 0.3) is 0 Å². The van der Waals surface area contributed by atoms with E-state index in [1.807, 2.05) is 0 Å². The monoisotopic (exact) mass is 294 g/mol. The molecule has 0 N–H and O–H groups in total. The first-order valence-electron chi connectivity index (χ1n) is 5.84. The second-order valence-corrected chi connectivity index (χ2v) is 6.11. The van der Waals surface area contributed by atoms with Gasteiger partial charge in [-0.15, -0.1) is 0 Å². The number of aryl methyl sites for hydroxylation is 3. The Kier molecular flexibility index (Phi) is 3.51. The number of rotatable bonds is 2. The standard InChI is InChI=1S/C12H13F3O3S/c1-8-6-9-4-2-3-5-10(9)7-11(8)18-19(16,17)12(13,14)15/h6-7H,2-5H2,1H3. The van der Waals surface area contributed by atoms with E-state index in [-0.39, 0.29) is 5.75 Å². The zero-order valence-electron chi connectivity index (χ0n) is 10.3. The first-order valence-corrected chi connectivity index (χ1v) is 7.25. The van der Waals surface area contributed by atoms with E-state index in [0.717, 1.165) is 36.8 Å². The molecule has 0 fully saturated rings. The molecule has 19 heavy (non-hydrogen) atoms. The molecule has 1 aliphatic carbocycles. The van der Waals surface area contributed by atoms with Gasteiger partial charge in [0.2, 0.25) is 0 Å². The summed E-state index contributed by atoms with van der Waals surface area (Å²) in [5, 5.41) is 0. The number of hydrogen-bond acceptors (Lipinski definition) is 3. The first kappa shape index (κ1) is 14.2. The Morgan fingerprint density at radius 3 is 2.16 bits per heavy atom. The van der Waals surface area contributed by atoms with Gasteiger partial charge in [0.1, 0.15) is 5.75 Å². The molecule has 1 aliphatic rings. The molecule has 0 spiro atoms. The molecule has 2 rings (SSSR count). The van der Waals surface area contributed by atoms with Crippen molar-refractivity contribution in [2.45, 2.75) is 38.1 Å². The number of benzene rings is 1. The van der Waals surface area contributed by atoms with Gasteiger partial charge in [-0.2, -0.15) is 21.6 Å². The summed E-state index contributed by atoms with van der Waals surface area (Å²) in [7, 11) is -5.60. The van der Waals surface area contributed by atoms with Crippen LogP contribution < -0.4 is 4.18 Å². The van der Waals surface area contributed by atoms with E-state index in [4.69, 9.17) is 0 Å². The van der Waals surface area contributed by atoms with Crippen molar-refractivity contribution in [1.29, 1.82) is 0 Å².